The molecule has 4 unspecified atom stereocenters. The maximum Gasteiger partial charge on any atom is 0.129 e. The number of aliphatic hydroxyl groups is 2. The fraction of sp³-hybridized carbons (Fsp3) is 1.00. The van der Waals surface area contributed by atoms with E-state index in [1.54, 1.807) is 0 Å². The Morgan fingerprint density at radius 1 is 0.404 bits per heavy atom. The number of rotatable bonds is 39. The molecule has 0 aromatic rings. The van der Waals surface area contributed by atoms with Crippen molar-refractivity contribution in [3.8, 4) is 0 Å². The van der Waals surface area contributed by atoms with Gasteiger partial charge in [-0.25, -0.2) is 16.8 Å². The molecule has 0 aliphatic rings. The van der Waals surface area contributed by atoms with Crippen molar-refractivity contribution in [3.63, 3.8) is 0 Å². The van der Waals surface area contributed by atoms with Crippen LogP contribution < -0.4 is 0 Å². The van der Waals surface area contributed by atoms with Crippen LogP contribution in [0.2, 0.25) is 0 Å². The van der Waals surface area contributed by atoms with E-state index in [0.29, 0.717) is 35.1 Å². The minimum Gasteiger partial charge on any atom is -0.748 e. The summed E-state index contributed by atoms with van der Waals surface area (Å²) in [5.74, 6) is -1.64. The van der Waals surface area contributed by atoms with Crippen LogP contribution in [-0.2, 0) is 20.2 Å². The summed E-state index contributed by atoms with van der Waals surface area (Å²) >= 11 is 0. The molecule has 0 saturated heterocycles. The van der Waals surface area contributed by atoms with Gasteiger partial charge in [0.2, 0.25) is 0 Å². The fourth-order valence-electron chi connectivity index (χ4n) is 7.95. The second-order valence-electron chi connectivity index (χ2n) is 16.1. The van der Waals surface area contributed by atoms with E-state index in [9.17, 15) is 36.2 Å². The molecule has 2 N–H and O–H groups in total. The molecule has 0 heterocycles. The van der Waals surface area contributed by atoms with Gasteiger partial charge in [0.25, 0.3) is 0 Å². The number of unbranched alkanes of at least 4 members (excludes halogenated alkanes) is 22. The van der Waals surface area contributed by atoms with Gasteiger partial charge in [0.1, 0.15) is 38.4 Å². The van der Waals surface area contributed by atoms with Gasteiger partial charge >= 0.3 is 0 Å². The summed E-state index contributed by atoms with van der Waals surface area (Å²) in [6.07, 6.45) is 26.8. The van der Waals surface area contributed by atoms with Crippen molar-refractivity contribution in [3.05, 3.63) is 0 Å². The molecule has 0 saturated carbocycles. The van der Waals surface area contributed by atoms with Gasteiger partial charge < -0.3 is 28.3 Å². The maximum absolute atomic E-state index is 11.6. The predicted octanol–water partition coefficient (Wildman–Crippen LogP) is 7.87. The number of likely N-dealkylation sites (N-methyl/N-ethyl adjacent to an activating group) is 2. The molecule has 12 heteroatoms. The largest absolute Gasteiger partial charge is 0.748 e. The zero-order chi connectivity index (χ0) is 39.2. The topological polar surface area (TPSA) is 155 Å². The van der Waals surface area contributed by atoms with Gasteiger partial charge in [0, 0.05) is 0 Å². The second-order valence-corrected chi connectivity index (χ2v) is 19.0. The molecule has 52 heavy (non-hydrogen) atoms. The number of nitrogens with zero attached hydrogens (tertiary/aromatic N) is 2. The first-order valence-corrected chi connectivity index (χ1v) is 24.7. The van der Waals surface area contributed by atoms with E-state index in [2.05, 4.69) is 13.8 Å². The van der Waals surface area contributed by atoms with Crippen molar-refractivity contribution in [2.24, 2.45) is 0 Å². The van der Waals surface area contributed by atoms with Gasteiger partial charge in [0.05, 0.1) is 57.9 Å². The van der Waals surface area contributed by atoms with Crippen LogP contribution in [0, 0.1) is 0 Å². The summed E-state index contributed by atoms with van der Waals surface area (Å²) in [6.45, 7) is 12.8. The fourth-order valence-corrected chi connectivity index (χ4v) is 9.10. The van der Waals surface area contributed by atoms with Gasteiger partial charge in [-0.3, -0.25) is 0 Å². The third-order valence-electron chi connectivity index (χ3n) is 11.4. The number of hydrogen-bond donors (Lipinski definition) is 2. The van der Waals surface area contributed by atoms with Crippen LogP contribution in [0.25, 0.3) is 0 Å². The van der Waals surface area contributed by atoms with E-state index in [4.69, 9.17) is 0 Å². The Hall–Kier alpha value is -0.340. The summed E-state index contributed by atoms with van der Waals surface area (Å²) in [5, 5.41) is 21.6. The van der Waals surface area contributed by atoms with E-state index >= 15 is 0 Å². The van der Waals surface area contributed by atoms with Gasteiger partial charge in [-0.1, -0.05) is 142 Å². The summed E-state index contributed by atoms with van der Waals surface area (Å²) in [7, 11) is -9.19. The summed E-state index contributed by atoms with van der Waals surface area (Å²) in [5.41, 5.74) is 0. The van der Waals surface area contributed by atoms with Crippen molar-refractivity contribution in [1.29, 1.82) is 0 Å². The number of hydrogen-bond acceptors (Lipinski definition) is 8. The summed E-state index contributed by atoms with van der Waals surface area (Å²) in [4.78, 5) is 0. The average Bonchev–Trinajstić information content (AvgIpc) is 3.06. The molecule has 0 amide bonds. The molecule has 4 atom stereocenters. The lowest BCUT2D eigenvalue weighted by Crippen LogP contribution is -2.62. The third kappa shape index (κ3) is 29.9. The molecular weight excluding hydrogens is 701 g/mol. The maximum atomic E-state index is 11.6. The van der Waals surface area contributed by atoms with Crippen LogP contribution in [0.15, 0.2) is 0 Å². The Bertz CT molecular complexity index is 964. The Balaban J connectivity index is 5.41. The first-order chi connectivity index (χ1) is 24.7. The molecule has 0 aliphatic heterocycles. The molecule has 314 valence electrons. The SMILES string of the molecule is CCCCCCCCCCCCCC[N+](CC)(CC[N+](CC)(CCCCCCCCCCCCCC)CC(O)CS(=O)(=O)[O-])CC(O)CS(=O)(=O)[O-]. The highest BCUT2D eigenvalue weighted by Crippen LogP contribution is 2.21. The van der Waals surface area contributed by atoms with Gasteiger partial charge in [-0.2, -0.15) is 0 Å². The highest BCUT2D eigenvalue weighted by molar-refractivity contribution is 7.85. The minimum absolute atomic E-state index is 0.149. The molecule has 0 aromatic carbocycles. The Morgan fingerprint density at radius 2 is 0.635 bits per heavy atom. The standard InChI is InChI=1S/C40H84N2O8S2/c1-5-9-11-13-15-17-19-21-23-25-27-29-31-41(7-3,35-39(43)37-51(45,46)47)33-34-42(8-4,36-40(44)38-52(48,49)50)32-30-28-26-24-22-20-18-16-14-12-10-6-2/h39-40,43-44H,5-38H2,1-4H3. The van der Waals surface area contributed by atoms with Crippen LogP contribution in [0.5, 0.6) is 0 Å². The molecule has 0 bridgehead atoms. The van der Waals surface area contributed by atoms with Crippen LogP contribution in [-0.4, -0.2) is 121 Å². The molecule has 0 fully saturated rings. The lowest BCUT2D eigenvalue weighted by molar-refractivity contribution is -0.982. The minimum atomic E-state index is -4.60. The molecule has 0 aliphatic carbocycles. The highest BCUT2D eigenvalue weighted by atomic mass is 32.2. The quantitative estimate of drug-likeness (QED) is 0.0363. The first kappa shape index (κ1) is 51.7. The summed E-state index contributed by atoms with van der Waals surface area (Å²) in [6, 6.07) is 0. The molecule has 10 nitrogen and oxygen atoms in total. The van der Waals surface area contributed by atoms with Gasteiger partial charge in [-0.05, 0) is 39.5 Å². The van der Waals surface area contributed by atoms with Crippen molar-refractivity contribution < 1.29 is 45.1 Å². The van der Waals surface area contributed by atoms with E-state index in [0.717, 1.165) is 51.6 Å². The van der Waals surface area contributed by atoms with E-state index < -0.39 is 43.9 Å². The number of quaternary nitrogens is 2. The Kier molecular flexibility index (Phi) is 30.6. The van der Waals surface area contributed by atoms with E-state index in [1.165, 1.54) is 116 Å². The Labute approximate surface area is 322 Å². The lowest BCUT2D eigenvalue weighted by Gasteiger charge is -2.45. The lowest BCUT2D eigenvalue weighted by atomic mass is 10.0. The molecule has 0 rings (SSSR count). The zero-order valence-corrected chi connectivity index (χ0v) is 35.9. The average molecular weight is 785 g/mol. The zero-order valence-electron chi connectivity index (χ0n) is 34.3. The molecule has 0 spiro atoms. The first-order valence-electron chi connectivity index (χ1n) is 21.6. The van der Waals surface area contributed by atoms with Crippen molar-refractivity contribution >= 4 is 20.2 Å². The van der Waals surface area contributed by atoms with Gasteiger partial charge in [0.15, 0.2) is 0 Å². The molecule has 0 radical (unpaired) electrons. The number of aliphatic hydroxyl groups excluding tert-OH is 2. The van der Waals surface area contributed by atoms with Crippen LogP contribution in [0.3, 0.4) is 0 Å². The monoisotopic (exact) mass is 785 g/mol. The van der Waals surface area contributed by atoms with Crippen molar-refractivity contribution in [2.75, 3.05) is 63.9 Å². The second kappa shape index (κ2) is 30.8. The highest BCUT2D eigenvalue weighted by Gasteiger charge is 2.36. The van der Waals surface area contributed by atoms with Crippen LogP contribution in [0.4, 0.5) is 0 Å². The summed E-state index contributed by atoms with van der Waals surface area (Å²) < 4.78 is 70.2. The predicted molar refractivity (Wildman–Crippen MR) is 214 cm³/mol. The van der Waals surface area contributed by atoms with Gasteiger partial charge in [-0.15, -0.1) is 0 Å². The van der Waals surface area contributed by atoms with Crippen LogP contribution >= 0.6 is 0 Å². The van der Waals surface area contributed by atoms with Crippen LogP contribution in [0.1, 0.15) is 182 Å². The van der Waals surface area contributed by atoms with Crippen molar-refractivity contribution in [2.45, 2.75) is 194 Å². The normalized spacial score (nSPS) is 16.1. The Morgan fingerprint density at radius 3 is 0.846 bits per heavy atom. The molecular formula is C40H84N2O8S2. The van der Waals surface area contributed by atoms with E-state index in [1.807, 2.05) is 13.8 Å². The smallest absolute Gasteiger partial charge is 0.129 e. The van der Waals surface area contributed by atoms with E-state index in [-0.39, 0.29) is 13.1 Å². The molecule has 0 aromatic heterocycles. The van der Waals surface area contributed by atoms with Crippen molar-refractivity contribution in [1.82, 2.24) is 0 Å². The third-order valence-corrected chi connectivity index (χ3v) is 12.9.